The molecule has 1 aromatic carbocycles. The van der Waals surface area contributed by atoms with Crippen molar-refractivity contribution in [3.8, 4) is 5.75 Å². The van der Waals surface area contributed by atoms with Gasteiger partial charge in [0, 0.05) is 11.6 Å². The third-order valence-corrected chi connectivity index (χ3v) is 5.20. The number of nitrogens with one attached hydrogen (secondary N) is 1. The lowest BCUT2D eigenvalue weighted by atomic mass is 9.76. The van der Waals surface area contributed by atoms with Crippen molar-refractivity contribution in [1.82, 2.24) is 5.43 Å². The highest BCUT2D eigenvalue weighted by Gasteiger charge is 2.29. The fourth-order valence-corrected chi connectivity index (χ4v) is 3.73. The highest BCUT2D eigenvalue weighted by atomic mass is 16.5. The molecule has 0 radical (unpaired) electrons. The van der Waals surface area contributed by atoms with Crippen molar-refractivity contribution in [2.24, 2.45) is 22.9 Å². The molecule has 1 aliphatic heterocycles. The van der Waals surface area contributed by atoms with Crippen molar-refractivity contribution in [1.29, 1.82) is 0 Å². The highest BCUT2D eigenvalue weighted by Crippen LogP contribution is 2.32. The minimum absolute atomic E-state index is 0.0499. The van der Waals surface area contributed by atoms with Crippen LogP contribution < -0.4 is 15.1 Å². The van der Waals surface area contributed by atoms with Crippen molar-refractivity contribution < 1.29 is 14.3 Å². The van der Waals surface area contributed by atoms with E-state index >= 15 is 0 Å². The minimum atomic E-state index is -0.289. The summed E-state index contributed by atoms with van der Waals surface area (Å²) in [5.41, 5.74) is 4.36. The summed E-state index contributed by atoms with van der Waals surface area (Å²) in [5, 5.41) is 4.43. The SMILES string of the molecule is CC(C)[C@@H]1CC[C@@H](C)C/C1=N/NC(=O)CN1C(=O)COc2ccccc21. The number of fused-ring (bicyclic) bond motifs is 1. The Bertz CT molecular complexity index is 714. The number of hydrazone groups is 1. The van der Waals surface area contributed by atoms with Gasteiger partial charge in [0.05, 0.1) is 5.69 Å². The average Bonchev–Trinajstić information content (AvgIpc) is 2.62. The van der Waals surface area contributed by atoms with E-state index < -0.39 is 0 Å². The predicted octanol–water partition coefficient (Wildman–Crippen LogP) is 2.98. The summed E-state index contributed by atoms with van der Waals surface area (Å²) in [4.78, 5) is 26.0. The summed E-state index contributed by atoms with van der Waals surface area (Å²) in [6, 6.07) is 7.24. The number of carbonyl (C=O) groups is 2. The Kier molecular flexibility index (Phi) is 5.59. The van der Waals surface area contributed by atoms with Crippen LogP contribution in [0.5, 0.6) is 5.75 Å². The van der Waals surface area contributed by atoms with Crippen LogP contribution in [0.4, 0.5) is 5.69 Å². The van der Waals surface area contributed by atoms with Crippen LogP contribution in [-0.2, 0) is 9.59 Å². The van der Waals surface area contributed by atoms with E-state index in [2.05, 4.69) is 31.3 Å². The first-order valence-electron chi connectivity index (χ1n) is 9.33. The van der Waals surface area contributed by atoms with Crippen LogP contribution in [0.25, 0.3) is 0 Å². The summed E-state index contributed by atoms with van der Waals surface area (Å²) < 4.78 is 5.40. The van der Waals surface area contributed by atoms with Crippen molar-refractivity contribution in [3.63, 3.8) is 0 Å². The summed E-state index contributed by atoms with van der Waals surface area (Å²) >= 11 is 0. The number of amides is 2. The molecule has 1 heterocycles. The second-order valence-corrected chi connectivity index (χ2v) is 7.61. The lowest BCUT2D eigenvalue weighted by Gasteiger charge is -2.31. The molecule has 1 aliphatic carbocycles. The zero-order chi connectivity index (χ0) is 18.7. The summed E-state index contributed by atoms with van der Waals surface area (Å²) in [6.07, 6.45) is 3.24. The summed E-state index contributed by atoms with van der Waals surface area (Å²) in [6.45, 7) is 6.50. The molecular formula is C20H27N3O3. The van der Waals surface area contributed by atoms with Gasteiger partial charge in [-0.05, 0) is 43.2 Å². The molecule has 0 unspecified atom stereocenters. The minimum Gasteiger partial charge on any atom is -0.482 e. The Morgan fingerprint density at radius 2 is 2.12 bits per heavy atom. The number of ether oxygens (including phenoxy) is 1. The monoisotopic (exact) mass is 357 g/mol. The number of nitrogens with zero attached hydrogens (tertiary/aromatic N) is 2. The lowest BCUT2D eigenvalue weighted by molar-refractivity contribution is -0.125. The molecule has 26 heavy (non-hydrogen) atoms. The van der Waals surface area contributed by atoms with E-state index in [0.29, 0.717) is 29.2 Å². The van der Waals surface area contributed by atoms with Crippen LogP contribution in [0, 0.1) is 17.8 Å². The zero-order valence-electron chi connectivity index (χ0n) is 15.7. The molecule has 0 saturated heterocycles. The topological polar surface area (TPSA) is 71.0 Å². The molecule has 1 fully saturated rings. The first kappa shape index (κ1) is 18.4. The summed E-state index contributed by atoms with van der Waals surface area (Å²) in [7, 11) is 0. The lowest BCUT2D eigenvalue weighted by Crippen LogP contribution is -2.44. The van der Waals surface area contributed by atoms with Gasteiger partial charge >= 0.3 is 0 Å². The van der Waals surface area contributed by atoms with Gasteiger partial charge < -0.3 is 4.74 Å². The molecule has 1 saturated carbocycles. The van der Waals surface area contributed by atoms with Gasteiger partial charge in [0.25, 0.3) is 11.8 Å². The Morgan fingerprint density at radius 1 is 1.35 bits per heavy atom. The molecule has 6 heteroatoms. The highest BCUT2D eigenvalue weighted by molar-refractivity contribution is 6.02. The van der Waals surface area contributed by atoms with E-state index in [1.807, 2.05) is 12.1 Å². The second-order valence-electron chi connectivity index (χ2n) is 7.61. The van der Waals surface area contributed by atoms with Gasteiger partial charge in [0.2, 0.25) is 0 Å². The van der Waals surface area contributed by atoms with E-state index in [1.54, 1.807) is 12.1 Å². The quantitative estimate of drug-likeness (QED) is 0.842. The maximum absolute atomic E-state index is 12.4. The van der Waals surface area contributed by atoms with Crippen LogP contribution in [0.15, 0.2) is 29.4 Å². The largest absolute Gasteiger partial charge is 0.482 e. The van der Waals surface area contributed by atoms with Crippen LogP contribution in [-0.4, -0.2) is 30.7 Å². The molecule has 2 atom stereocenters. The van der Waals surface area contributed by atoms with Crippen molar-refractivity contribution >= 4 is 23.2 Å². The van der Waals surface area contributed by atoms with Crippen LogP contribution in [0.1, 0.15) is 40.0 Å². The number of rotatable bonds is 4. The second kappa shape index (κ2) is 7.89. The average molecular weight is 357 g/mol. The third-order valence-electron chi connectivity index (χ3n) is 5.20. The number of anilines is 1. The Morgan fingerprint density at radius 3 is 2.88 bits per heavy atom. The van der Waals surface area contributed by atoms with E-state index in [0.717, 1.165) is 18.6 Å². The number of para-hydroxylation sites is 2. The molecular weight excluding hydrogens is 330 g/mol. The molecule has 140 valence electrons. The fraction of sp³-hybridized carbons (Fsp3) is 0.550. The molecule has 3 rings (SSSR count). The fourth-order valence-electron chi connectivity index (χ4n) is 3.73. The normalized spacial score (nSPS) is 24.4. The molecule has 1 N–H and O–H groups in total. The molecule has 0 spiro atoms. The molecule has 6 nitrogen and oxygen atoms in total. The predicted molar refractivity (Wildman–Crippen MR) is 101 cm³/mol. The van der Waals surface area contributed by atoms with E-state index in [9.17, 15) is 9.59 Å². The zero-order valence-corrected chi connectivity index (χ0v) is 15.7. The van der Waals surface area contributed by atoms with Gasteiger partial charge in [-0.15, -0.1) is 0 Å². The van der Waals surface area contributed by atoms with Gasteiger partial charge in [0.1, 0.15) is 12.3 Å². The maximum atomic E-state index is 12.4. The van der Waals surface area contributed by atoms with E-state index in [-0.39, 0.29) is 25.0 Å². The van der Waals surface area contributed by atoms with Gasteiger partial charge in [0.15, 0.2) is 6.61 Å². The Labute approximate surface area is 154 Å². The van der Waals surface area contributed by atoms with E-state index in [1.165, 1.54) is 11.3 Å². The molecule has 0 bridgehead atoms. The third kappa shape index (κ3) is 4.06. The van der Waals surface area contributed by atoms with Crippen LogP contribution >= 0.6 is 0 Å². The molecule has 0 aromatic heterocycles. The molecule has 1 aromatic rings. The van der Waals surface area contributed by atoms with Gasteiger partial charge in [-0.3, -0.25) is 14.5 Å². The standard InChI is InChI=1S/C20H27N3O3/c1-13(2)15-9-8-14(3)10-16(15)21-22-19(24)11-23-17-6-4-5-7-18(17)26-12-20(23)25/h4-7,13-15H,8-12H2,1-3H3,(H,22,24)/b21-16-/t14-,15+/m1/s1. The Hall–Kier alpha value is -2.37. The maximum Gasteiger partial charge on any atom is 0.265 e. The van der Waals surface area contributed by atoms with Crippen molar-refractivity contribution in [3.05, 3.63) is 24.3 Å². The first-order valence-corrected chi connectivity index (χ1v) is 9.33. The number of benzene rings is 1. The van der Waals surface area contributed by atoms with E-state index in [4.69, 9.17) is 4.74 Å². The number of carbonyl (C=O) groups excluding carboxylic acids is 2. The van der Waals surface area contributed by atoms with Gasteiger partial charge in [-0.25, -0.2) is 5.43 Å². The first-order chi connectivity index (χ1) is 12.5. The molecule has 2 aliphatic rings. The summed E-state index contributed by atoms with van der Waals surface area (Å²) in [5.74, 6) is 1.62. The molecule has 2 amide bonds. The number of hydrogen-bond donors (Lipinski definition) is 1. The number of hydrogen-bond acceptors (Lipinski definition) is 4. The van der Waals surface area contributed by atoms with Gasteiger partial charge in [-0.1, -0.05) is 32.9 Å². The van der Waals surface area contributed by atoms with Crippen molar-refractivity contribution in [2.45, 2.75) is 40.0 Å². The van der Waals surface area contributed by atoms with Crippen LogP contribution in [0.2, 0.25) is 0 Å². The van der Waals surface area contributed by atoms with Crippen LogP contribution in [0.3, 0.4) is 0 Å². The van der Waals surface area contributed by atoms with Crippen molar-refractivity contribution in [2.75, 3.05) is 18.1 Å². The smallest absolute Gasteiger partial charge is 0.265 e. The Balaban J connectivity index is 1.68. The van der Waals surface area contributed by atoms with Gasteiger partial charge in [-0.2, -0.15) is 5.10 Å².